The van der Waals surface area contributed by atoms with Gasteiger partial charge in [0.15, 0.2) is 0 Å². The number of likely N-dealkylation sites (tertiary alicyclic amines) is 1. The van der Waals surface area contributed by atoms with E-state index in [1.54, 1.807) is 0 Å². The van der Waals surface area contributed by atoms with Crippen LogP contribution in [0.4, 0.5) is 0 Å². The topological polar surface area (TPSA) is 32.3 Å². The quantitative estimate of drug-likeness (QED) is 0.778. The van der Waals surface area contributed by atoms with Gasteiger partial charge < -0.3 is 10.2 Å². The van der Waals surface area contributed by atoms with Crippen LogP contribution in [0.25, 0.3) is 0 Å². The first kappa shape index (κ1) is 13.5. The van der Waals surface area contributed by atoms with Crippen molar-refractivity contribution in [3.8, 4) is 0 Å². The van der Waals surface area contributed by atoms with Crippen molar-refractivity contribution in [3.05, 3.63) is 0 Å². The molecule has 0 radical (unpaired) electrons. The molecule has 0 bridgehead atoms. The highest BCUT2D eigenvalue weighted by atomic mass is 16.1. The van der Waals surface area contributed by atoms with E-state index in [1.807, 2.05) is 0 Å². The molecule has 1 unspecified atom stereocenters. The van der Waals surface area contributed by atoms with Crippen molar-refractivity contribution >= 4 is 5.91 Å². The fourth-order valence-corrected chi connectivity index (χ4v) is 2.37. The minimum Gasteiger partial charge on any atom is -0.354 e. The first-order chi connectivity index (χ1) is 7.61. The molecule has 1 saturated heterocycles. The van der Waals surface area contributed by atoms with E-state index in [1.165, 1.54) is 12.8 Å². The van der Waals surface area contributed by atoms with Gasteiger partial charge in [-0.3, -0.25) is 4.79 Å². The highest BCUT2D eigenvalue weighted by Crippen LogP contribution is 2.19. The van der Waals surface area contributed by atoms with Crippen molar-refractivity contribution in [2.75, 3.05) is 20.1 Å². The first-order valence-corrected chi connectivity index (χ1v) is 6.59. The molecule has 1 aliphatic rings. The summed E-state index contributed by atoms with van der Waals surface area (Å²) in [5.74, 6) is 0.848. The smallest absolute Gasteiger partial charge is 0.220 e. The van der Waals surface area contributed by atoms with E-state index in [0.717, 1.165) is 32.4 Å². The predicted molar refractivity (Wildman–Crippen MR) is 67.4 cm³/mol. The number of rotatable bonds is 5. The highest BCUT2D eigenvalue weighted by Gasteiger charge is 2.19. The van der Waals surface area contributed by atoms with Gasteiger partial charge in [-0.25, -0.2) is 0 Å². The lowest BCUT2D eigenvalue weighted by atomic mass is 9.93. The fraction of sp³-hybridized carbons (Fsp3) is 0.923. The van der Waals surface area contributed by atoms with Crippen molar-refractivity contribution < 1.29 is 4.79 Å². The third-order valence-corrected chi connectivity index (χ3v) is 3.44. The fourth-order valence-electron chi connectivity index (χ4n) is 2.37. The molecule has 1 rings (SSSR count). The number of hydrogen-bond donors (Lipinski definition) is 1. The lowest BCUT2D eigenvalue weighted by Crippen LogP contribution is -2.36. The van der Waals surface area contributed by atoms with Crippen molar-refractivity contribution in [2.24, 2.45) is 5.92 Å². The molecule has 0 saturated carbocycles. The molecule has 3 heteroatoms. The van der Waals surface area contributed by atoms with Crippen molar-refractivity contribution in [1.29, 1.82) is 0 Å². The Morgan fingerprint density at radius 1 is 1.44 bits per heavy atom. The summed E-state index contributed by atoms with van der Waals surface area (Å²) in [5.41, 5.74) is 0. The highest BCUT2D eigenvalue weighted by molar-refractivity contribution is 5.76. The number of nitrogens with one attached hydrogen (secondary N) is 1. The maximum atomic E-state index is 11.8. The maximum absolute atomic E-state index is 11.8. The van der Waals surface area contributed by atoms with Gasteiger partial charge in [0, 0.05) is 12.5 Å². The van der Waals surface area contributed by atoms with Crippen molar-refractivity contribution in [1.82, 2.24) is 10.2 Å². The summed E-state index contributed by atoms with van der Waals surface area (Å²) in [6.45, 7) is 6.53. The van der Waals surface area contributed by atoms with Crippen LogP contribution in [0, 0.1) is 5.92 Å². The largest absolute Gasteiger partial charge is 0.354 e. The summed E-state index contributed by atoms with van der Waals surface area (Å²) >= 11 is 0. The van der Waals surface area contributed by atoms with Gasteiger partial charge in [-0.2, -0.15) is 0 Å². The molecular weight excluding hydrogens is 200 g/mol. The molecule has 0 aliphatic carbocycles. The Labute approximate surface area is 99.6 Å². The average Bonchev–Trinajstić information content (AvgIpc) is 2.21. The Morgan fingerprint density at radius 3 is 2.62 bits per heavy atom. The summed E-state index contributed by atoms with van der Waals surface area (Å²) < 4.78 is 0. The van der Waals surface area contributed by atoms with Gasteiger partial charge >= 0.3 is 0 Å². The van der Waals surface area contributed by atoms with Gasteiger partial charge in [0.2, 0.25) is 5.91 Å². The monoisotopic (exact) mass is 226 g/mol. The molecule has 3 nitrogen and oxygen atoms in total. The lowest BCUT2D eigenvalue weighted by molar-refractivity contribution is -0.123. The van der Waals surface area contributed by atoms with Gasteiger partial charge in [-0.15, -0.1) is 0 Å². The Morgan fingerprint density at radius 2 is 2.06 bits per heavy atom. The molecule has 16 heavy (non-hydrogen) atoms. The SMILES string of the molecule is CCCC(C)NC(=O)CC1CCN(C)CC1. The van der Waals surface area contributed by atoms with E-state index in [0.29, 0.717) is 12.0 Å². The minimum atomic E-state index is 0.246. The van der Waals surface area contributed by atoms with Gasteiger partial charge in [-0.1, -0.05) is 13.3 Å². The van der Waals surface area contributed by atoms with Crippen LogP contribution in [0.2, 0.25) is 0 Å². The Hall–Kier alpha value is -0.570. The van der Waals surface area contributed by atoms with Crippen molar-refractivity contribution in [2.45, 2.75) is 52.0 Å². The summed E-state index contributed by atoms with van der Waals surface area (Å²) in [5, 5.41) is 3.09. The molecule has 0 aromatic rings. The van der Waals surface area contributed by atoms with Crippen LogP contribution in [0.1, 0.15) is 46.0 Å². The molecule has 1 fully saturated rings. The van der Waals surface area contributed by atoms with Crippen LogP contribution in [0.5, 0.6) is 0 Å². The molecule has 0 aromatic carbocycles. The zero-order valence-electron chi connectivity index (χ0n) is 11.0. The third-order valence-electron chi connectivity index (χ3n) is 3.44. The predicted octanol–water partition coefficient (Wildman–Crippen LogP) is 2.02. The summed E-state index contributed by atoms with van der Waals surface area (Å²) in [6, 6.07) is 0.337. The van der Waals surface area contributed by atoms with Crippen LogP contribution in [0.15, 0.2) is 0 Å². The summed E-state index contributed by atoms with van der Waals surface area (Å²) in [6.07, 6.45) is 5.29. The number of nitrogens with zero attached hydrogens (tertiary/aromatic N) is 1. The van der Waals surface area contributed by atoms with E-state index < -0.39 is 0 Å². The normalized spacial score (nSPS) is 20.7. The maximum Gasteiger partial charge on any atom is 0.220 e. The van der Waals surface area contributed by atoms with E-state index in [-0.39, 0.29) is 5.91 Å². The molecule has 0 aromatic heterocycles. The molecule has 1 heterocycles. The Balaban J connectivity index is 2.18. The van der Waals surface area contributed by atoms with Crippen LogP contribution >= 0.6 is 0 Å². The molecule has 94 valence electrons. The molecule has 1 atom stereocenters. The second kappa shape index (κ2) is 6.89. The average molecular weight is 226 g/mol. The molecular formula is C13H26N2O. The molecule has 1 amide bonds. The minimum absolute atomic E-state index is 0.246. The van der Waals surface area contributed by atoms with Gasteiger partial charge in [-0.05, 0) is 52.2 Å². The molecule has 0 spiro atoms. The van der Waals surface area contributed by atoms with E-state index in [2.05, 4.69) is 31.1 Å². The number of carbonyl (C=O) groups is 1. The van der Waals surface area contributed by atoms with Crippen LogP contribution in [0.3, 0.4) is 0 Å². The van der Waals surface area contributed by atoms with Crippen molar-refractivity contribution in [3.63, 3.8) is 0 Å². The van der Waals surface area contributed by atoms with Gasteiger partial charge in [0.1, 0.15) is 0 Å². The number of piperidine rings is 1. The lowest BCUT2D eigenvalue weighted by Gasteiger charge is -2.28. The Kier molecular flexibility index (Phi) is 5.81. The number of amides is 1. The third kappa shape index (κ3) is 4.97. The zero-order valence-corrected chi connectivity index (χ0v) is 11.0. The van der Waals surface area contributed by atoms with Gasteiger partial charge in [0.25, 0.3) is 0 Å². The van der Waals surface area contributed by atoms with Crippen LogP contribution < -0.4 is 5.32 Å². The summed E-state index contributed by atoms with van der Waals surface area (Å²) in [7, 11) is 2.15. The van der Waals surface area contributed by atoms with Gasteiger partial charge in [0.05, 0.1) is 0 Å². The number of hydrogen-bond acceptors (Lipinski definition) is 2. The zero-order chi connectivity index (χ0) is 12.0. The first-order valence-electron chi connectivity index (χ1n) is 6.59. The van der Waals surface area contributed by atoms with E-state index >= 15 is 0 Å². The second-order valence-corrected chi connectivity index (χ2v) is 5.21. The molecule has 1 aliphatic heterocycles. The van der Waals surface area contributed by atoms with Crippen LogP contribution in [-0.2, 0) is 4.79 Å². The number of carbonyl (C=O) groups excluding carboxylic acids is 1. The molecule has 1 N–H and O–H groups in total. The van der Waals surface area contributed by atoms with E-state index in [9.17, 15) is 4.79 Å². The van der Waals surface area contributed by atoms with E-state index in [4.69, 9.17) is 0 Å². The van der Waals surface area contributed by atoms with Crippen LogP contribution in [-0.4, -0.2) is 37.0 Å². The standard InChI is InChI=1S/C13H26N2O/c1-4-5-11(2)14-13(16)10-12-6-8-15(3)9-7-12/h11-12H,4-10H2,1-3H3,(H,14,16). The Bertz CT molecular complexity index is 210. The summed E-state index contributed by atoms with van der Waals surface area (Å²) in [4.78, 5) is 14.1. The second-order valence-electron chi connectivity index (χ2n) is 5.21.